The van der Waals surface area contributed by atoms with E-state index in [0.717, 1.165) is 24.2 Å². The predicted octanol–water partition coefficient (Wildman–Crippen LogP) is 7.02. The minimum atomic E-state index is -3.49. The summed E-state index contributed by atoms with van der Waals surface area (Å²) in [6.07, 6.45) is 19.5. The summed E-state index contributed by atoms with van der Waals surface area (Å²) >= 11 is 0.896. The van der Waals surface area contributed by atoms with Crippen molar-refractivity contribution in [2.24, 2.45) is 0 Å². The molecule has 5 nitrogen and oxygen atoms in total. The van der Waals surface area contributed by atoms with Crippen LogP contribution in [0.15, 0.2) is 0 Å². The van der Waals surface area contributed by atoms with Gasteiger partial charge >= 0.3 is 12.8 Å². The third-order valence-electron chi connectivity index (χ3n) is 5.12. The number of unbranched alkanes of at least 4 members (excludes halogenated alkanes) is 14. The minimum Gasteiger partial charge on any atom is -0.463 e. The van der Waals surface area contributed by atoms with Gasteiger partial charge in [-0.25, -0.2) is 4.57 Å². The highest BCUT2D eigenvalue weighted by atomic mass is 32.7. The van der Waals surface area contributed by atoms with Crippen molar-refractivity contribution in [3.63, 3.8) is 0 Å². The van der Waals surface area contributed by atoms with E-state index in [4.69, 9.17) is 9.26 Å². The van der Waals surface area contributed by atoms with Crippen molar-refractivity contribution < 1.29 is 23.5 Å². The van der Waals surface area contributed by atoms with Crippen molar-refractivity contribution in [2.45, 2.75) is 116 Å². The van der Waals surface area contributed by atoms with Crippen LogP contribution in [0.5, 0.6) is 0 Å². The van der Waals surface area contributed by atoms with Crippen LogP contribution >= 0.6 is 18.2 Å². The van der Waals surface area contributed by atoms with E-state index in [-0.39, 0.29) is 12.6 Å². The highest BCUT2D eigenvalue weighted by molar-refractivity contribution is 8.55. The molecular weight excluding hydrogens is 395 g/mol. The first-order valence-electron chi connectivity index (χ1n) is 11.3. The largest absolute Gasteiger partial charge is 0.463 e. The van der Waals surface area contributed by atoms with Gasteiger partial charge in [-0.05, 0) is 17.8 Å². The van der Waals surface area contributed by atoms with Gasteiger partial charge < -0.3 is 9.63 Å². The summed E-state index contributed by atoms with van der Waals surface area (Å²) in [6, 6.07) is 0. The summed E-state index contributed by atoms with van der Waals surface area (Å²) in [4.78, 5) is 20.9. The van der Waals surface area contributed by atoms with Crippen LogP contribution in [0.1, 0.15) is 110 Å². The molecule has 1 saturated heterocycles. The second kappa shape index (κ2) is 16.7. The number of carbonyl (C=O) groups excluding carboxylic acids is 1. The molecule has 0 aromatic carbocycles. The molecule has 0 amide bonds. The van der Waals surface area contributed by atoms with E-state index < -0.39 is 12.9 Å². The molecule has 0 saturated carbocycles. The van der Waals surface area contributed by atoms with Gasteiger partial charge in [-0.2, -0.15) is 0 Å². The molecule has 0 aliphatic carbocycles. The van der Waals surface area contributed by atoms with E-state index in [1.165, 1.54) is 83.5 Å². The van der Waals surface area contributed by atoms with Crippen LogP contribution < -0.4 is 0 Å². The fourth-order valence-electron chi connectivity index (χ4n) is 3.40. The molecule has 166 valence electrons. The Morgan fingerprint density at radius 1 is 0.929 bits per heavy atom. The van der Waals surface area contributed by atoms with Gasteiger partial charge in [0.05, 0.1) is 0 Å². The third-order valence-corrected chi connectivity index (χ3v) is 8.22. The normalized spacial score (nSPS) is 21.9. The SMILES string of the molecule is CCCCCCCCCCCCCCCCCC(=O)OCC1CSP(=O)(O)O1. The quantitative estimate of drug-likeness (QED) is 0.141. The Kier molecular flexibility index (Phi) is 15.5. The van der Waals surface area contributed by atoms with Crippen molar-refractivity contribution >= 4 is 24.1 Å². The van der Waals surface area contributed by atoms with E-state index in [0.29, 0.717) is 12.2 Å². The Bertz CT molecular complexity index is 447. The number of rotatable bonds is 18. The highest BCUT2D eigenvalue weighted by Gasteiger charge is 2.35. The molecule has 2 atom stereocenters. The molecule has 0 radical (unpaired) electrons. The van der Waals surface area contributed by atoms with Crippen LogP contribution in [0.25, 0.3) is 0 Å². The molecular formula is C21H41O5PS. The van der Waals surface area contributed by atoms with E-state index in [9.17, 15) is 14.3 Å². The molecule has 1 aliphatic rings. The summed E-state index contributed by atoms with van der Waals surface area (Å²) < 4.78 is 21.3. The van der Waals surface area contributed by atoms with Gasteiger partial charge in [-0.15, -0.1) is 0 Å². The van der Waals surface area contributed by atoms with E-state index in [1.54, 1.807) is 0 Å². The maximum Gasteiger partial charge on any atom is 0.387 e. The average molecular weight is 437 g/mol. The first-order valence-corrected chi connectivity index (χ1v) is 14.5. The Morgan fingerprint density at radius 2 is 1.39 bits per heavy atom. The van der Waals surface area contributed by atoms with Gasteiger partial charge in [0, 0.05) is 12.2 Å². The average Bonchev–Trinajstić information content (AvgIpc) is 3.02. The van der Waals surface area contributed by atoms with Crippen LogP contribution in [-0.2, 0) is 18.6 Å². The number of hydrogen-bond donors (Lipinski definition) is 1. The second-order valence-corrected chi connectivity index (χ2v) is 11.8. The van der Waals surface area contributed by atoms with Crippen LogP contribution in [0.2, 0.25) is 0 Å². The maximum absolute atomic E-state index is 11.7. The molecule has 1 N–H and O–H groups in total. The molecule has 0 aromatic heterocycles. The second-order valence-electron chi connectivity index (χ2n) is 7.87. The van der Waals surface area contributed by atoms with Gasteiger partial charge in [-0.3, -0.25) is 9.32 Å². The Balaban J connectivity index is 1.77. The monoisotopic (exact) mass is 436 g/mol. The molecule has 1 aliphatic heterocycles. The molecule has 28 heavy (non-hydrogen) atoms. The van der Waals surface area contributed by atoms with Crippen molar-refractivity contribution in [3.05, 3.63) is 0 Å². The summed E-state index contributed by atoms with van der Waals surface area (Å²) in [5.74, 6) is 0.169. The van der Waals surface area contributed by atoms with Gasteiger partial charge in [0.1, 0.15) is 12.7 Å². The van der Waals surface area contributed by atoms with Crippen LogP contribution in [0.3, 0.4) is 0 Å². The molecule has 7 heteroatoms. The van der Waals surface area contributed by atoms with Crippen molar-refractivity contribution in [1.29, 1.82) is 0 Å². The predicted molar refractivity (Wildman–Crippen MR) is 118 cm³/mol. The molecule has 2 unspecified atom stereocenters. The first-order chi connectivity index (χ1) is 13.5. The zero-order chi connectivity index (χ0) is 20.5. The highest BCUT2D eigenvalue weighted by Crippen LogP contribution is 2.61. The summed E-state index contributed by atoms with van der Waals surface area (Å²) in [6.45, 7) is -1.14. The van der Waals surface area contributed by atoms with Crippen molar-refractivity contribution in [2.75, 3.05) is 12.4 Å². The van der Waals surface area contributed by atoms with Gasteiger partial charge in [0.15, 0.2) is 0 Å². The van der Waals surface area contributed by atoms with Gasteiger partial charge in [0.2, 0.25) is 0 Å². The van der Waals surface area contributed by atoms with Crippen LogP contribution in [-0.4, -0.2) is 29.3 Å². The van der Waals surface area contributed by atoms with Gasteiger partial charge in [-0.1, -0.05) is 96.8 Å². The Hall–Kier alpha value is -0.0300. The van der Waals surface area contributed by atoms with Crippen molar-refractivity contribution in [3.8, 4) is 0 Å². The molecule has 1 rings (SSSR count). The lowest BCUT2D eigenvalue weighted by Crippen LogP contribution is -2.19. The number of carbonyl (C=O) groups is 1. The standard InChI is InChI=1S/C21H41O5PS/c1-2-3-4-5-6-7-8-9-10-11-12-13-14-15-16-17-21(22)25-18-20-19-28-27(23,24)26-20/h20H,2-19H2,1H3,(H,23,24). The molecule has 0 bridgehead atoms. The fraction of sp³-hybridized carbons (Fsp3) is 0.952. The number of ether oxygens (including phenoxy) is 1. The van der Waals surface area contributed by atoms with Crippen LogP contribution in [0.4, 0.5) is 0 Å². The molecule has 1 fully saturated rings. The topological polar surface area (TPSA) is 72.8 Å². The fourth-order valence-corrected chi connectivity index (χ4v) is 6.21. The number of hydrogen-bond acceptors (Lipinski definition) is 5. The number of esters is 1. The lowest BCUT2D eigenvalue weighted by Gasteiger charge is -2.09. The summed E-state index contributed by atoms with van der Waals surface area (Å²) in [5.41, 5.74) is 0. The van der Waals surface area contributed by atoms with E-state index >= 15 is 0 Å². The zero-order valence-electron chi connectivity index (χ0n) is 17.7. The summed E-state index contributed by atoms with van der Waals surface area (Å²) in [5, 5.41) is 0. The van der Waals surface area contributed by atoms with E-state index in [2.05, 4.69) is 6.92 Å². The minimum absolute atomic E-state index is 0.0785. The van der Waals surface area contributed by atoms with E-state index in [1.807, 2.05) is 0 Å². The smallest absolute Gasteiger partial charge is 0.387 e. The maximum atomic E-state index is 11.7. The molecule has 0 spiro atoms. The Labute approximate surface area is 176 Å². The van der Waals surface area contributed by atoms with Gasteiger partial charge in [0.25, 0.3) is 0 Å². The van der Waals surface area contributed by atoms with Crippen molar-refractivity contribution in [1.82, 2.24) is 0 Å². The molecule has 1 heterocycles. The Morgan fingerprint density at radius 3 is 1.82 bits per heavy atom. The lowest BCUT2D eigenvalue weighted by molar-refractivity contribution is -0.145. The summed E-state index contributed by atoms with van der Waals surface area (Å²) in [7, 11) is 0. The lowest BCUT2D eigenvalue weighted by atomic mass is 10.0. The third kappa shape index (κ3) is 14.9. The molecule has 0 aromatic rings. The first kappa shape index (κ1) is 26.0. The zero-order valence-corrected chi connectivity index (χ0v) is 19.5. The van der Waals surface area contributed by atoms with Crippen LogP contribution in [0, 0.1) is 0 Å².